The Morgan fingerprint density at radius 2 is 1.54 bits per heavy atom. The van der Waals surface area contributed by atoms with Crippen molar-refractivity contribution in [3.8, 4) is 11.4 Å². The van der Waals surface area contributed by atoms with Gasteiger partial charge in [0, 0.05) is 56.0 Å². The van der Waals surface area contributed by atoms with Gasteiger partial charge in [0.15, 0.2) is 5.82 Å². The molecule has 0 spiro atoms. The van der Waals surface area contributed by atoms with Crippen LogP contribution in [-0.2, 0) is 11.2 Å². The molecular formula is C29H38N4O2. The number of hydrogen-bond donors (Lipinski definition) is 1. The lowest BCUT2D eigenvalue weighted by Gasteiger charge is -2.37. The average Bonchev–Trinajstić information content (AvgIpc) is 2.85. The largest absolute Gasteiger partial charge is 0.389 e. The van der Waals surface area contributed by atoms with E-state index in [0.29, 0.717) is 13.2 Å². The first-order valence-electron chi connectivity index (χ1n) is 12.5. The standard InChI is InChI=1S/C29H38N4O2/c1-22-26(19-23-11-7-5-8-12-23)28(31-27(30-22)24-13-9-6-10-14-24)33-17-15-32(16-18-33)20-25(34)21-35-29(2,3)4/h5-14,25,34H,15-21H2,1-4H3. The SMILES string of the molecule is Cc1nc(-c2ccccc2)nc(N2CCN(CC(O)COC(C)(C)C)CC2)c1Cc1ccccc1. The van der Waals surface area contributed by atoms with Gasteiger partial charge in [-0.25, -0.2) is 9.97 Å². The minimum absolute atomic E-state index is 0.240. The Balaban J connectivity index is 1.52. The predicted molar refractivity (Wildman–Crippen MR) is 142 cm³/mol. The monoisotopic (exact) mass is 474 g/mol. The molecule has 4 rings (SSSR count). The highest BCUT2D eigenvalue weighted by atomic mass is 16.5. The van der Waals surface area contributed by atoms with Crippen molar-refractivity contribution in [2.24, 2.45) is 0 Å². The molecule has 1 saturated heterocycles. The van der Waals surface area contributed by atoms with E-state index in [0.717, 1.165) is 55.5 Å². The van der Waals surface area contributed by atoms with Crippen molar-refractivity contribution in [1.29, 1.82) is 0 Å². The maximum Gasteiger partial charge on any atom is 0.161 e. The summed E-state index contributed by atoms with van der Waals surface area (Å²) in [6.07, 6.45) is 0.320. The molecular weight excluding hydrogens is 436 g/mol. The van der Waals surface area contributed by atoms with Gasteiger partial charge in [-0.1, -0.05) is 60.7 Å². The summed E-state index contributed by atoms with van der Waals surface area (Å²) in [5.74, 6) is 1.79. The number of nitrogens with zero attached hydrogens (tertiary/aromatic N) is 4. The fourth-order valence-corrected chi connectivity index (χ4v) is 4.40. The zero-order chi connectivity index (χ0) is 24.8. The van der Waals surface area contributed by atoms with E-state index in [4.69, 9.17) is 14.7 Å². The summed E-state index contributed by atoms with van der Waals surface area (Å²) in [7, 11) is 0. The molecule has 1 unspecified atom stereocenters. The number of piperazine rings is 1. The first-order chi connectivity index (χ1) is 16.8. The molecule has 6 heteroatoms. The summed E-state index contributed by atoms with van der Waals surface area (Å²) in [6.45, 7) is 12.6. The lowest BCUT2D eigenvalue weighted by molar-refractivity contribution is -0.0563. The van der Waals surface area contributed by atoms with Crippen molar-refractivity contribution in [2.45, 2.75) is 45.8 Å². The summed E-state index contributed by atoms with van der Waals surface area (Å²) in [4.78, 5) is 14.7. The number of aryl methyl sites for hydroxylation is 1. The second-order valence-corrected chi connectivity index (χ2v) is 10.3. The molecule has 1 fully saturated rings. The fourth-order valence-electron chi connectivity index (χ4n) is 4.40. The third-order valence-corrected chi connectivity index (χ3v) is 6.30. The molecule has 186 valence electrons. The van der Waals surface area contributed by atoms with Gasteiger partial charge in [0.1, 0.15) is 5.82 Å². The smallest absolute Gasteiger partial charge is 0.161 e. The minimum Gasteiger partial charge on any atom is -0.389 e. The lowest BCUT2D eigenvalue weighted by atomic mass is 10.0. The minimum atomic E-state index is -0.486. The van der Waals surface area contributed by atoms with Crippen molar-refractivity contribution in [1.82, 2.24) is 14.9 Å². The molecule has 1 N–H and O–H groups in total. The van der Waals surface area contributed by atoms with E-state index in [1.807, 2.05) is 45.0 Å². The van der Waals surface area contributed by atoms with Crippen LogP contribution in [0.3, 0.4) is 0 Å². The highest BCUT2D eigenvalue weighted by molar-refractivity contribution is 5.61. The number of rotatable bonds is 8. The molecule has 3 aromatic rings. The quantitative estimate of drug-likeness (QED) is 0.524. The van der Waals surface area contributed by atoms with Crippen LogP contribution in [0.15, 0.2) is 60.7 Å². The van der Waals surface area contributed by atoms with Crippen LogP contribution in [0.25, 0.3) is 11.4 Å². The summed E-state index contributed by atoms with van der Waals surface area (Å²) in [5, 5.41) is 10.5. The van der Waals surface area contributed by atoms with Crippen molar-refractivity contribution < 1.29 is 9.84 Å². The number of aliphatic hydroxyl groups is 1. The van der Waals surface area contributed by atoms with Crippen LogP contribution < -0.4 is 4.90 Å². The number of aliphatic hydroxyl groups excluding tert-OH is 1. The van der Waals surface area contributed by atoms with Crippen LogP contribution in [0.5, 0.6) is 0 Å². The van der Waals surface area contributed by atoms with Gasteiger partial charge in [-0.2, -0.15) is 0 Å². The van der Waals surface area contributed by atoms with Gasteiger partial charge in [0.25, 0.3) is 0 Å². The van der Waals surface area contributed by atoms with E-state index < -0.39 is 6.10 Å². The van der Waals surface area contributed by atoms with E-state index in [9.17, 15) is 5.11 Å². The second-order valence-electron chi connectivity index (χ2n) is 10.3. The molecule has 1 atom stereocenters. The van der Waals surface area contributed by atoms with Crippen LogP contribution in [0.4, 0.5) is 5.82 Å². The zero-order valence-corrected chi connectivity index (χ0v) is 21.4. The van der Waals surface area contributed by atoms with E-state index in [1.165, 1.54) is 11.1 Å². The molecule has 1 aliphatic rings. The van der Waals surface area contributed by atoms with Crippen LogP contribution in [0, 0.1) is 6.92 Å². The van der Waals surface area contributed by atoms with Crippen LogP contribution in [-0.4, -0.2) is 71.0 Å². The number of benzene rings is 2. The van der Waals surface area contributed by atoms with Gasteiger partial charge in [-0.05, 0) is 33.3 Å². The highest BCUT2D eigenvalue weighted by Crippen LogP contribution is 2.28. The molecule has 0 radical (unpaired) electrons. The first kappa shape index (κ1) is 25.3. The van der Waals surface area contributed by atoms with E-state index in [1.54, 1.807) is 0 Å². The van der Waals surface area contributed by atoms with Crippen molar-refractivity contribution >= 4 is 5.82 Å². The van der Waals surface area contributed by atoms with Crippen molar-refractivity contribution in [3.63, 3.8) is 0 Å². The molecule has 0 amide bonds. The molecule has 1 aromatic heterocycles. The normalized spacial score (nSPS) is 15.9. The number of anilines is 1. The van der Waals surface area contributed by atoms with Crippen LogP contribution in [0.1, 0.15) is 37.6 Å². The third-order valence-electron chi connectivity index (χ3n) is 6.30. The summed E-state index contributed by atoms with van der Waals surface area (Å²) in [5.41, 5.74) is 4.26. The molecule has 2 aromatic carbocycles. The number of ether oxygens (including phenoxy) is 1. The zero-order valence-electron chi connectivity index (χ0n) is 21.4. The van der Waals surface area contributed by atoms with Gasteiger partial charge in [-0.3, -0.25) is 4.90 Å². The van der Waals surface area contributed by atoms with Gasteiger partial charge >= 0.3 is 0 Å². The van der Waals surface area contributed by atoms with Gasteiger partial charge in [0.05, 0.1) is 18.3 Å². The molecule has 0 saturated carbocycles. The molecule has 6 nitrogen and oxygen atoms in total. The van der Waals surface area contributed by atoms with Crippen LogP contribution >= 0.6 is 0 Å². The van der Waals surface area contributed by atoms with Crippen molar-refractivity contribution in [2.75, 3.05) is 44.2 Å². The Hall–Kier alpha value is -2.80. The molecule has 1 aliphatic heterocycles. The highest BCUT2D eigenvalue weighted by Gasteiger charge is 2.25. The Morgan fingerprint density at radius 1 is 0.914 bits per heavy atom. The predicted octanol–water partition coefficient (Wildman–Crippen LogP) is 4.34. The van der Waals surface area contributed by atoms with Crippen molar-refractivity contribution in [3.05, 3.63) is 77.5 Å². The number of aromatic nitrogens is 2. The molecule has 35 heavy (non-hydrogen) atoms. The Bertz CT molecular complexity index is 1080. The molecule has 2 heterocycles. The van der Waals surface area contributed by atoms with E-state index >= 15 is 0 Å². The van der Waals surface area contributed by atoms with Gasteiger partial charge < -0.3 is 14.7 Å². The fraction of sp³-hybridized carbons (Fsp3) is 0.448. The van der Waals surface area contributed by atoms with E-state index in [2.05, 4.69) is 53.1 Å². The average molecular weight is 475 g/mol. The Kier molecular flexibility index (Phi) is 8.16. The first-order valence-corrected chi connectivity index (χ1v) is 12.5. The van der Waals surface area contributed by atoms with Gasteiger partial charge in [-0.15, -0.1) is 0 Å². The second kappa shape index (κ2) is 11.3. The summed E-state index contributed by atoms with van der Waals surface area (Å²) in [6, 6.07) is 20.7. The Labute approximate surface area is 209 Å². The summed E-state index contributed by atoms with van der Waals surface area (Å²) >= 11 is 0. The lowest BCUT2D eigenvalue weighted by Crippen LogP contribution is -2.50. The van der Waals surface area contributed by atoms with Gasteiger partial charge in [0.2, 0.25) is 0 Å². The van der Waals surface area contributed by atoms with E-state index in [-0.39, 0.29) is 5.60 Å². The topological polar surface area (TPSA) is 61.7 Å². The maximum absolute atomic E-state index is 10.5. The maximum atomic E-state index is 10.5. The molecule has 0 bridgehead atoms. The van der Waals surface area contributed by atoms with Crippen LogP contribution in [0.2, 0.25) is 0 Å². The Morgan fingerprint density at radius 3 is 2.17 bits per heavy atom. The number of hydrogen-bond acceptors (Lipinski definition) is 6. The number of β-amino-alcohol motifs (C(OH)–C–C–N with tert-alkyl or cyclic N) is 1. The third kappa shape index (κ3) is 7.10. The molecule has 0 aliphatic carbocycles. The summed E-state index contributed by atoms with van der Waals surface area (Å²) < 4.78 is 5.76.